The first-order chi connectivity index (χ1) is 9.43. The third-order valence-corrected chi connectivity index (χ3v) is 4.16. The third-order valence-electron chi connectivity index (χ3n) is 4.16. The second kappa shape index (κ2) is 6.63. The molecule has 8 nitrogen and oxygen atoms in total. The zero-order valence-electron chi connectivity index (χ0n) is 11.5. The van der Waals surface area contributed by atoms with Crippen molar-refractivity contribution in [3.05, 3.63) is 0 Å². The molecule has 8 unspecified atom stereocenters. The van der Waals surface area contributed by atoms with Crippen molar-refractivity contribution in [1.29, 1.82) is 0 Å². The molecule has 10 N–H and O–H groups in total. The van der Waals surface area contributed by atoms with Crippen LogP contribution < -0.4 is 22.9 Å². The molecule has 1 aliphatic carbocycles. The Morgan fingerprint density at radius 3 is 2.40 bits per heavy atom. The van der Waals surface area contributed by atoms with Crippen molar-refractivity contribution in [3.8, 4) is 0 Å². The minimum absolute atomic E-state index is 0.0758. The summed E-state index contributed by atoms with van der Waals surface area (Å²) in [6.45, 7) is 0.0758. The number of nitrogens with two attached hydrogens (primary N) is 4. The molecule has 1 heterocycles. The van der Waals surface area contributed by atoms with Gasteiger partial charge in [-0.25, -0.2) is 0 Å². The highest BCUT2D eigenvalue weighted by molar-refractivity contribution is 4.93. The number of hydrogen-bond acceptors (Lipinski definition) is 8. The van der Waals surface area contributed by atoms with E-state index < -0.39 is 30.6 Å². The van der Waals surface area contributed by atoms with Crippen molar-refractivity contribution in [1.82, 2.24) is 0 Å². The zero-order valence-corrected chi connectivity index (χ0v) is 11.5. The first-order valence-electron chi connectivity index (χ1n) is 7.08. The maximum Gasteiger partial charge on any atom is 0.176 e. The van der Waals surface area contributed by atoms with Crippen LogP contribution in [0.5, 0.6) is 0 Å². The molecule has 0 bridgehead atoms. The van der Waals surface area contributed by atoms with E-state index in [1.54, 1.807) is 0 Å². The molecule has 2 fully saturated rings. The van der Waals surface area contributed by atoms with Crippen LogP contribution in [0, 0.1) is 0 Å². The van der Waals surface area contributed by atoms with E-state index in [1.165, 1.54) is 0 Å². The summed E-state index contributed by atoms with van der Waals surface area (Å²) in [5.74, 6) is 0. The maximum absolute atomic E-state index is 9.91. The second-order valence-electron chi connectivity index (χ2n) is 5.75. The van der Waals surface area contributed by atoms with Gasteiger partial charge in [-0.1, -0.05) is 0 Å². The number of aliphatic hydroxyl groups excluding tert-OH is 2. The van der Waals surface area contributed by atoms with Crippen LogP contribution in [0.1, 0.15) is 19.3 Å². The second-order valence-corrected chi connectivity index (χ2v) is 5.75. The quantitative estimate of drug-likeness (QED) is 0.319. The summed E-state index contributed by atoms with van der Waals surface area (Å²) in [5.41, 5.74) is 23.2. The summed E-state index contributed by atoms with van der Waals surface area (Å²) in [6, 6.07) is -0.930. The van der Waals surface area contributed by atoms with Crippen LogP contribution in [-0.2, 0) is 9.47 Å². The Morgan fingerprint density at radius 2 is 1.80 bits per heavy atom. The van der Waals surface area contributed by atoms with Crippen LogP contribution in [0.2, 0.25) is 0 Å². The molecular weight excluding hydrogens is 264 g/mol. The molecule has 0 amide bonds. The average Bonchev–Trinajstić information content (AvgIpc) is 2.42. The van der Waals surface area contributed by atoms with Gasteiger partial charge in [-0.3, -0.25) is 0 Å². The van der Waals surface area contributed by atoms with E-state index in [1.807, 2.05) is 0 Å². The van der Waals surface area contributed by atoms with E-state index in [9.17, 15) is 10.2 Å². The van der Waals surface area contributed by atoms with E-state index in [-0.39, 0.29) is 24.7 Å². The van der Waals surface area contributed by atoms with Crippen molar-refractivity contribution in [2.75, 3.05) is 6.54 Å². The summed E-state index contributed by atoms with van der Waals surface area (Å²) >= 11 is 0. The predicted octanol–water partition coefficient (Wildman–Crippen LogP) is -3.06. The molecule has 0 spiro atoms. The Bertz CT molecular complexity index is 320. The van der Waals surface area contributed by atoms with Crippen LogP contribution in [0.15, 0.2) is 0 Å². The molecule has 8 heteroatoms. The molecule has 1 saturated heterocycles. The largest absolute Gasteiger partial charge is 0.388 e. The topological polar surface area (TPSA) is 163 Å². The highest BCUT2D eigenvalue weighted by Gasteiger charge is 2.44. The molecule has 2 aliphatic rings. The Kier molecular flexibility index (Phi) is 5.32. The first-order valence-corrected chi connectivity index (χ1v) is 7.08. The number of ether oxygens (including phenoxy) is 2. The van der Waals surface area contributed by atoms with E-state index in [0.29, 0.717) is 6.42 Å². The Morgan fingerprint density at radius 1 is 1.10 bits per heavy atom. The fraction of sp³-hybridized carbons (Fsp3) is 1.00. The third kappa shape index (κ3) is 3.29. The van der Waals surface area contributed by atoms with Crippen LogP contribution >= 0.6 is 0 Å². The molecule has 0 radical (unpaired) electrons. The lowest BCUT2D eigenvalue weighted by Crippen LogP contribution is -2.64. The van der Waals surface area contributed by atoms with Gasteiger partial charge in [0, 0.05) is 18.6 Å². The average molecular weight is 290 g/mol. The van der Waals surface area contributed by atoms with Crippen molar-refractivity contribution < 1.29 is 19.7 Å². The first kappa shape index (κ1) is 16.1. The smallest absolute Gasteiger partial charge is 0.176 e. The van der Waals surface area contributed by atoms with Gasteiger partial charge in [0.2, 0.25) is 0 Å². The molecule has 20 heavy (non-hydrogen) atoms. The van der Waals surface area contributed by atoms with Gasteiger partial charge in [-0.05, 0) is 19.3 Å². The van der Waals surface area contributed by atoms with Crippen molar-refractivity contribution in [3.63, 3.8) is 0 Å². The highest BCUT2D eigenvalue weighted by atomic mass is 16.7. The molecular formula is C12H26N4O4. The minimum Gasteiger partial charge on any atom is -0.388 e. The van der Waals surface area contributed by atoms with E-state index >= 15 is 0 Å². The van der Waals surface area contributed by atoms with Crippen LogP contribution in [0.3, 0.4) is 0 Å². The van der Waals surface area contributed by atoms with Crippen molar-refractivity contribution >= 4 is 0 Å². The SMILES string of the molecule is NCC1OC(OC2CCC(N)CC2N)C(N)C(O)C1O. The number of rotatable bonds is 3. The Hall–Kier alpha value is -0.320. The number of hydrogen-bond donors (Lipinski definition) is 6. The summed E-state index contributed by atoms with van der Waals surface area (Å²) in [7, 11) is 0. The van der Waals surface area contributed by atoms with Gasteiger partial charge in [-0.15, -0.1) is 0 Å². The van der Waals surface area contributed by atoms with Gasteiger partial charge in [0.15, 0.2) is 6.29 Å². The van der Waals surface area contributed by atoms with Crippen LogP contribution in [0.4, 0.5) is 0 Å². The predicted molar refractivity (Wildman–Crippen MR) is 72.4 cm³/mol. The Balaban J connectivity index is 1.97. The maximum atomic E-state index is 9.91. The molecule has 0 aromatic heterocycles. The summed E-state index contributed by atoms with van der Waals surface area (Å²) in [5, 5.41) is 19.7. The lowest BCUT2D eigenvalue weighted by molar-refractivity contribution is -0.273. The van der Waals surface area contributed by atoms with E-state index in [0.717, 1.165) is 12.8 Å². The lowest BCUT2D eigenvalue weighted by Gasteiger charge is -2.43. The molecule has 0 aromatic carbocycles. The fourth-order valence-corrected chi connectivity index (χ4v) is 2.82. The van der Waals surface area contributed by atoms with Gasteiger partial charge in [0.05, 0.1) is 12.1 Å². The van der Waals surface area contributed by atoms with Crippen LogP contribution in [0.25, 0.3) is 0 Å². The molecule has 0 aromatic rings. The van der Waals surface area contributed by atoms with Gasteiger partial charge >= 0.3 is 0 Å². The fourth-order valence-electron chi connectivity index (χ4n) is 2.82. The lowest BCUT2D eigenvalue weighted by atomic mass is 9.89. The monoisotopic (exact) mass is 290 g/mol. The normalized spacial score (nSPS) is 50.1. The standard InChI is InChI=1S/C12H26N4O4/c13-4-8-10(17)11(18)9(16)12(20-8)19-7-2-1-5(14)3-6(7)15/h5-12,17-18H,1-4,13-16H2. The van der Waals surface area contributed by atoms with Crippen LogP contribution in [-0.4, -0.2) is 65.6 Å². The van der Waals surface area contributed by atoms with E-state index in [4.69, 9.17) is 32.4 Å². The molecule has 1 saturated carbocycles. The van der Waals surface area contributed by atoms with Crippen molar-refractivity contribution in [2.24, 2.45) is 22.9 Å². The highest BCUT2D eigenvalue weighted by Crippen LogP contribution is 2.26. The molecule has 118 valence electrons. The zero-order chi connectivity index (χ0) is 14.9. The van der Waals surface area contributed by atoms with Gasteiger partial charge < -0.3 is 42.6 Å². The van der Waals surface area contributed by atoms with Gasteiger partial charge in [0.25, 0.3) is 0 Å². The summed E-state index contributed by atoms with van der Waals surface area (Å²) < 4.78 is 11.3. The number of aliphatic hydroxyl groups is 2. The summed E-state index contributed by atoms with van der Waals surface area (Å²) in [4.78, 5) is 0. The molecule has 1 aliphatic heterocycles. The minimum atomic E-state index is -1.13. The van der Waals surface area contributed by atoms with Crippen molar-refractivity contribution in [2.45, 2.75) is 68.1 Å². The van der Waals surface area contributed by atoms with E-state index in [2.05, 4.69) is 0 Å². The Labute approximate surface area is 118 Å². The van der Waals surface area contributed by atoms with Gasteiger partial charge in [-0.2, -0.15) is 0 Å². The summed E-state index contributed by atoms with van der Waals surface area (Å²) in [6.07, 6.45) is -1.76. The molecule has 2 rings (SSSR count). The molecule has 8 atom stereocenters. The van der Waals surface area contributed by atoms with Gasteiger partial charge in [0.1, 0.15) is 18.3 Å².